The van der Waals surface area contributed by atoms with Gasteiger partial charge in [-0.25, -0.2) is 0 Å². The minimum Gasteiger partial charge on any atom is -0.298 e. The zero-order valence-electron chi connectivity index (χ0n) is 5.98. The molecule has 0 fully saturated rings. The van der Waals surface area contributed by atoms with Crippen molar-refractivity contribution in [3.63, 3.8) is 0 Å². The third kappa shape index (κ3) is 1.30. The molecule has 1 rings (SSSR count). The third-order valence-electron chi connectivity index (χ3n) is 1.62. The highest BCUT2D eigenvalue weighted by atomic mass is 79.9. The second-order valence-corrected chi connectivity index (χ2v) is 5.28. The molecule has 0 N–H and O–H groups in total. The zero-order chi connectivity index (χ0) is 7.78. The van der Waals surface area contributed by atoms with Crippen LogP contribution in [0.15, 0.2) is 9.39 Å². The van der Waals surface area contributed by atoms with Crippen LogP contribution >= 0.6 is 27.7 Å². The minimum absolute atomic E-state index is 0.0608. The molecule has 0 amide bonds. The predicted molar refractivity (Wildman–Crippen MR) is 48.3 cm³/mol. The molecule has 0 unspecified atom stereocenters. The molecule has 56 valence electrons. The standard InChI is InChI=1S/C7H9BrOS/c1-7(2)4-10-6(8)5(7)3-9/h3H,4H2,1-2H3. The lowest BCUT2D eigenvalue weighted by Gasteiger charge is -2.16. The number of carbonyl (C=O) groups is 1. The molecule has 0 aromatic carbocycles. The molecule has 1 heterocycles. The van der Waals surface area contributed by atoms with Gasteiger partial charge in [-0.15, -0.1) is 11.8 Å². The van der Waals surface area contributed by atoms with Crippen molar-refractivity contribution in [1.82, 2.24) is 0 Å². The molecule has 1 aliphatic rings. The van der Waals surface area contributed by atoms with Crippen molar-refractivity contribution >= 4 is 34.0 Å². The lowest BCUT2D eigenvalue weighted by Crippen LogP contribution is -2.14. The number of rotatable bonds is 1. The molecular formula is C7H9BrOS. The first-order chi connectivity index (χ1) is 4.58. The van der Waals surface area contributed by atoms with E-state index in [2.05, 4.69) is 29.8 Å². The van der Waals surface area contributed by atoms with Crippen LogP contribution < -0.4 is 0 Å². The van der Waals surface area contributed by atoms with E-state index in [4.69, 9.17) is 0 Å². The van der Waals surface area contributed by atoms with Gasteiger partial charge in [0.05, 0.1) is 3.81 Å². The van der Waals surface area contributed by atoms with Gasteiger partial charge >= 0.3 is 0 Å². The van der Waals surface area contributed by atoms with E-state index in [1.165, 1.54) is 0 Å². The summed E-state index contributed by atoms with van der Waals surface area (Å²) in [5, 5.41) is 0. The van der Waals surface area contributed by atoms with Gasteiger partial charge in [0.2, 0.25) is 0 Å². The number of hydrogen-bond donors (Lipinski definition) is 0. The Morgan fingerprint density at radius 2 is 2.30 bits per heavy atom. The Kier molecular flexibility index (Phi) is 2.25. The smallest absolute Gasteiger partial charge is 0.148 e. The maximum atomic E-state index is 10.5. The summed E-state index contributed by atoms with van der Waals surface area (Å²) in [6.45, 7) is 4.16. The number of halogens is 1. The van der Waals surface area contributed by atoms with Crippen LogP contribution in [0.1, 0.15) is 13.8 Å². The summed E-state index contributed by atoms with van der Waals surface area (Å²) < 4.78 is 1.01. The average molecular weight is 221 g/mol. The van der Waals surface area contributed by atoms with Gasteiger partial charge in [0.15, 0.2) is 0 Å². The summed E-state index contributed by atoms with van der Waals surface area (Å²) in [4.78, 5) is 10.5. The maximum Gasteiger partial charge on any atom is 0.148 e. The lowest BCUT2D eigenvalue weighted by molar-refractivity contribution is -0.105. The van der Waals surface area contributed by atoms with Crippen LogP contribution in [0.4, 0.5) is 0 Å². The second kappa shape index (κ2) is 2.70. The Morgan fingerprint density at radius 1 is 1.70 bits per heavy atom. The Bertz CT molecular complexity index is 196. The number of aldehydes is 1. The molecule has 0 radical (unpaired) electrons. The van der Waals surface area contributed by atoms with Crippen molar-refractivity contribution in [1.29, 1.82) is 0 Å². The number of hydrogen-bond acceptors (Lipinski definition) is 2. The van der Waals surface area contributed by atoms with Gasteiger partial charge in [-0.1, -0.05) is 13.8 Å². The molecule has 10 heavy (non-hydrogen) atoms. The van der Waals surface area contributed by atoms with E-state index in [1.807, 2.05) is 0 Å². The summed E-state index contributed by atoms with van der Waals surface area (Å²) in [5.74, 6) is 1.00. The quantitative estimate of drug-likeness (QED) is 0.633. The van der Waals surface area contributed by atoms with Crippen LogP contribution in [0.25, 0.3) is 0 Å². The van der Waals surface area contributed by atoms with E-state index in [-0.39, 0.29) is 5.41 Å². The van der Waals surface area contributed by atoms with Crippen molar-refractivity contribution < 1.29 is 4.79 Å². The highest BCUT2D eigenvalue weighted by Gasteiger charge is 2.31. The second-order valence-electron chi connectivity index (χ2n) is 2.98. The highest BCUT2D eigenvalue weighted by Crippen LogP contribution is 2.45. The largest absolute Gasteiger partial charge is 0.298 e. The van der Waals surface area contributed by atoms with E-state index < -0.39 is 0 Å². The maximum absolute atomic E-state index is 10.5. The summed E-state index contributed by atoms with van der Waals surface area (Å²) in [6.07, 6.45) is 0.948. The molecule has 0 atom stereocenters. The molecule has 0 saturated heterocycles. The molecule has 0 aromatic heterocycles. The number of allylic oxidation sites excluding steroid dienone is 1. The fourth-order valence-corrected chi connectivity index (χ4v) is 2.97. The summed E-state index contributed by atoms with van der Waals surface area (Å²) in [5.41, 5.74) is 0.961. The molecule has 1 aliphatic heterocycles. The van der Waals surface area contributed by atoms with Crippen molar-refractivity contribution in [2.75, 3.05) is 5.75 Å². The molecule has 0 bridgehead atoms. The van der Waals surface area contributed by atoms with Crippen LogP contribution in [0.2, 0.25) is 0 Å². The van der Waals surface area contributed by atoms with Gasteiger partial charge in [-0.3, -0.25) is 4.79 Å². The van der Waals surface area contributed by atoms with Gasteiger partial charge in [0.1, 0.15) is 6.29 Å². The van der Waals surface area contributed by atoms with Gasteiger partial charge in [0, 0.05) is 16.7 Å². The zero-order valence-corrected chi connectivity index (χ0v) is 8.38. The molecular weight excluding hydrogens is 212 g/mol. The van der Waals surface area contributed by atoms with Crippen molar-refractivity contribution in [3.8, 4) is 0 Å². The molecule has 0 aromatic rings. The summed E-state index contributed by atoms with van der Waals surface area (Å²) in [7, 11) is 0. The molecule has 0 aliphatic carbocycles. The van der Waals surface area contributed by atoms with Gasteiger partial charge < -0.3 is 0 Å². The topological polar surface area (TPSA) is 17.1 Å². The van der Waals surface area contributed by atoms with E-state index in [0.717, 1.165) is 21.4 Å². The van der Waals surface area contributed by atoms with Crippen molar-refractivity contribution in [2.45, 2.75) is 13.8 Å². The Morgan fingerprint density at radius 3 is 2.50 bits per heavy atom. The SMILES string of the molecule is CC1(C)CSC(Br)=C1C=O. The van der Waals surface area contributed by atoms with Crippen LogP contribution in [0.5, 0.6) is 0 Å². The highest BCUT2D eigenvalue weighted by molar-refractivity contribution is 9.14. The molecule has 0 saturated carbocycles. The number of thioether (sulfide) groups is 1. The first kappa shape index (κ1) is 8.34. The van der Waals surface area contributed by atoms with Crippen LogP contribution in [0, 0.1) is 5.41 Å². The van der Waals surface area contributed by atoms with Crippen molar-refractivity contribution in [2.24, 2.45) is 5.41 Å². The van der Waals surface area contributed by atoms with Crippen LogP contribution in [0.3, 0.4) is 0 Å². The van der Waals surface area contributed by atoms with Gasteiger partial charge in [-0.05, 0) is 15.9 Å². The molecule has 0 spiro atoms. The van der Waals surface area contributed by atoms with Gasteiger partial charge in [-0.2, -0.15) is 0 Å². The molecule has 3 heteroatoms. The Balaban J connectivity index is 2.97. The lowest BCUT2D eigenvalue weighted by atomic mass is 9.89. The number of carbonyl (C=O) groups excluding carboxylic acids is 1. The van der Waals surface area contributed by atoms with E-state index >= 15 is 0 Å². The monoisotopic (exact) mass is 220 g/mol. The van der Waals surface area contributed by atoms with E-state index in [9.17, 15) is 4.79 Å². The summed E-state index contributed by atoms with van der Waals surface area (Å²) in [6, 6.07) is 0. The normalized spacial score (nSPS) is 23.5. The fraction of sp³-hybridized carbons (Fsp3) is 0.571. The van der Waals surface area contributed by atoms with Crippen LogP contribution in [-0.2, 0) is 4.79 Å². The first-order valence-corrected chi connectivity index (χ1v) is 4.84. The average Bonchev–Trinajstić information content (AvgIpc) is 2.07. The predicted octanol–water partition coefficient (Wildman–Crippen LogP) is 2.56. The van der Waals surface area contributed by atoms with Gasteiger partial charge in [0.25, 0.3) is 0 Å². The Labute approximate surface area is 73.4 Å². The van der Waals surface area contributed by atoms with E-state index in [0.29, 0.717) is 0 Å². The first-order valence-electron chi connectivity index (χ1n) is 3.06. The van der Waals surface area contributed by atoms with Crippen LogP contribution in [-0.4, -0.2) is 12.0 Å². The molecule has 1 nitrogen and oxygen atoms in total. The van der Waals surface area contributed by atoms with Crippen molar-refractivity contribution in [3.05, 3.63) is 9.39 Å². The fourth-order valence-electron chi connectivity index (χ4n) is 0.871. The third-order valence-corrected chi connectivity index (χ3v) is 4.07. The summed E-state index contributed by atoms with van der Waals surface area (Å²) >= 11 is 5.05. The van der Waals surface area contributed by atoms with E-state index in [1.54, 1.807) is 11.8 Å². The Hall–Kier alpha value is 0.240. The minimum atomic E-state index is 0.0608.